The number of carbonyl (C=O) groups excluding carboxylic acids is 1. The number of amides is 1. The minimum Gasteiger partial charge on any atom is -0.348 e. The summed E-state index contributed by atoms with van der Waals surface area (Å²) in [7, 11) is 0. The molecule has 1 aromatic carbocycles. The minimum absolute atomic E-state index is 0.0446. The van der Waals surface area contributed by atoms with Gasteiger partial charge in [-0.1, -0.05) is 57.0 Å². The predicted molar refractivity (Wildman–Crippen MR) is 79.8 cm³/mol. The van der Waals surface area contributed by atoms with Crippen LogP contribution in [0.2, 0.25) is 0 Å². The molecule has 0 radical (unpaired) electrons. The van der Waals surface area contributed by atoms with Crippen LogP contribution in [0.3, 0.4) is 0 Å². The van der Waals surface area contributed by atoms with Crippen LogP contribution >= 0.6 is 0 Å². The molecular formula is C16H26N2O. The summed E-state index contributed by atoms with van der Waals surface area (Å²) in [6.45, 7) is 8.19. The van der Waals surface area contributed by atoms with Crippen molar-refractivity contribution in [3.63, 3.8) is 0 Å². The number of rotatable bonds is 6. The molecule has 3 N–H and O–H groups in total. The first-order valence-corrected chi connectivity index (χ1v) is 7.12. The summed E-state index contributed by atoms with van der Waals surface area (Å²) in [6.07, 6.45) is 1.78. The van der Waals surface area contributed by atoms with E-state index in [0.717, 1.165) is 18.4 Å². The van der Waals surface area contributed by atoms with Gasteiger partial charge in [-0.15, -0.1) is 0 Å². The summed E-state index contributed by atoms with van der Waals surface area (Å²) < 4.78 is 0. The zero-order chi connectivity index (χ0) is 14.4. The Morgan fingerprint density at radius 3 is 2.26 bits per heavy atom. The first-order chi connectivity index (χ1) is 8.99. The SMILES string of the molecule is CCC(NC(=O)[C@@H](N)[C@@H](C)CC)c1ccc(C)cc1. The summed E-state index contributed by atoms with van der Waals surface area (Å²) in [5.41, 5.74) is 8.32. The van der Waals surface area contributed by atoms with E-state index in [1.807, 2.05) is 6.92 Å². The number of hydrogen-bond acceptors (Lipinski definition) is 2. The molecule has 0 aliphatic heterocycles. The fraction of sp³-hybridized carbons (Fsp3) is 0.562. The van der Waals surface area contributed by atoms with Crippen molar-refractivity contribution in [2.75, 3.05) is 0 Å². The lowest BCUT2D eigenvalue weighted by Crippen LogP contribution is -2.45. The van der Waals surface area contributed by atoms with Crippen LogP contribution in [0.4, 0.5) is 0 Å². The third kappa shape index (κ3) is 4.35. The highest BCUT2D eigenvalue weighted by Gasteiger charge is 2.22. The van der Waals surface area contributed by atoms with Crippen LogP contribution in [0.5, 0.6) is 0 Å². The summed E-state index contributed by atoms with van der Waals surface area (Å²) in [5.74, 6) is 0.150. The van der Waals surface area contributed by atoms with Gasteiger partial charge < -0.3 is 11.1 Å². The molecule has 0 fully saturated rings. The number of nitrogens with one attached hydrogen (secondary N) is 1. The topological polar surface area (TPSA) is 55.1 Å². The second kappa shape index (κ2) is 7.29. The van der Waals surface area contributed by atoms with Crippen LogP contribution in [0.15, 0.2) is 24.3 Å². The van der Waals surface area contributed by atoms with E-state index in [1.54, 1.807) is 0 Å². The zero-order valence-electron chi connectivity index (χ0n) is 12.4. The summed E-state index contributed by atoms with van der Waals surface area (Å²) in [6, 6.07) is 7.89. The molecule has 3 atom stereocenters. The highest BCUT2D eigenvalue weighted by Crippen LogP contribution is 2.18. The van der Waals surface area contributed by atoms with E-state index >= 15 is 0 Å². The third-order valence-corrected chi connectivity index (χ3v) is 3.76. The van der Waals surface area contributed by atoms with E-state index in [1.165, 1.54) is 5.56 Å². The van der Waals surface area contributed by atoms with Crippen LogP contribution < -0.4 is 11.1 Å². The average Bonchev–Trinajstić information content (AvgIpc) is 2.43. The fourth-order valence-corrected chi connectivity index (χ4v) is 2.00. The smallest absolute Gasteiger partial charge is 0.237 e. The Balaban J connectivity index is 2.72. The van der Waals surface area contributed by atoms with Crippen molar-refractivity contribution in [3.8, 4) is 0 Å². The van der Waals surface area contributed by atoms with E-state index in [9.17, 15) is 4.79 Å². The maximum Gasteiger partial charge on any atom is 0.237 e. The Kier molecular flexibility index (Phi) is 6.03. The number of nitrogens with two attached hydrogens (primary N) is 1. The molecule has 19 heavy (non-hydrogen) atoms. The average molecular weight is 262 g/mol. The molecule has 106 valence electrons. The summed E-state index contributed by atoms with van der Waals surface area (Å²) >= 11 is 0. The zero-order valence-corrected chi connectivity index (χ0v) is 12.4. The number of benzene rings is 1. The first-order valence-electron chi connectivity index (χ1n) is 7.12. The van der Waals surface area contributed by atoms with Gasteiger partial charge >= 0.3 is 0 Å². The lowest BCUT2D eigenvalue weighted by Gasteiger charge is -2.23. The Labute approximate surface area is 116 Å². The Hall–Kier alpha value is -1.35. The van der Waals surface area contributed by atoms with E-state index in [4.69, 9.17) is 5.73 Å². The molecular weight excluding hydrogens is 236 g/mol. The molecule has 1 amide bonds. The van der Waals surface area contributed by atoms with E-state index in [0.29, 0.717) is 0 Å². The van der Waals surface area contributed by atoms with Crippen molar-refractivity contribution >= 4 is 5.91 Å². The van der Waals surface area contributed by atoms with Gasteiger partial charge in [0, 0.05) is 0 Å². The largest absolute Gasteiger partial charge is 0.348 e. The minimum atomic E-state index is -0.426. The summed E-state index contributed by atoms with van der Waals surface area (Å²) in [4.78, 5) is 12.1. The van der Waals surface area contributed by atoms with E-state index in [-0.39, 0.29) is 17.9 Å². The van der Waals surface area contributed by atoms with Gasteiger partial charge in [-0.05, 0) is 24.8 Å². The van der Waals surface area contributed by atoms with E-state index < -0.39 is 6.04 Å². The van der Waals surface area contributed by atoms with Crippen LogP contribution in [0, 0.1) is 12.8 Å². The molecule has 0 saturated carbocycles. The maximum atomic E-state index is 12.1. The molecule has 1 aromatic rings. The predicted octanol–water partition coefficient (Wildman–Crippen LogP) is 2.94. The van der Waals surface area contributed by atoms with Crippen LogP contribution in [-0.2, 0) is 4.79 Å². The van der Waals surface area contributed by atoms with Gasteiger partial charge in [0.05, 0.1) is 12.1 Å². The molecule has 3 heteroatoms. The molecule has 3 nitrogen and oxygen atoms in total. The maximum absolute atomic E-state index is 12.1. The van der Waals surface area contributed by atoms with Crippen LogP contribution in [0.25, 0.3) is 0 Å². The van der Waals surface area contributed by atoms with Crippen molar-refractivity contribution < 1.29 is 4.79 Å². The van der Waals surface area contributed by atoms with Gasteiger partial charge in [0.25, 0.3) is 0 Å². The van der Waals surface area contributed by atoms with Crippen molar-refractivity contribution in [1.29, 1.82) is 0 Å². The summed E-state index contributed by atoms with van der Waals surface area (Å²) in [5, 5.41) is 3.05. The highest BCUT2D eigenvalue weighted by molar-refractivity contribution is 5.82. The second-order valence-electron chi connectivity index (χ2n) is 5.29. The lowest BCUT2D eigenvalue weighted by atomic mass is 9.97. The Morgan fingerprint density at radius 2 is 1.79 bits per heavy atom. The quantitative estimate of drug-likeness (QED) is 0.828. The Morgan fingerprint density at radius 1 is 1.21 bits per heavy atom. The monoisotopic (exact) mass is 262 g/mol. The molecule has 0 aliphatic rings. The van der Waals surface area contributed by atoms with Crippen LogP contribution in [-0.4, -0.2) is 11.9 Å². The third-order valence-electron chi connectivity index (χ3n) is 3.76. The first kappa shape index (κ1) is 15.7. The van der Waals surface area contributed by atoms with Crippen molar-refractivity contribution in [3.05, 3.63) is 35.4 Å². The van der Waals surface area contributed by atoms with Crippen molar-refractivity contribution in [2.45, 2.75) is 52.6 Å². The molecule has 1 rings (SSSR count). The number of carbonyl (C=O) groups is 1. The van der Waals surface area contributed by atoms with Gasteiger partial charge in [0.1, 0.15) is 0 Å². The molecule has 0 aromatic heterocycles. The highest BCUT2D eigenvalue weighted by atomic mass is 16.2. The van der Waals surface area contributed by atoms with Gasteiger partial charge in [0.15, 0.2) is 0 Å². The van der Waals surface area contributed by atoms with E-state index in [2.05, 4.69) is 50.4 Å². The van der Waals surface area contributed by atoms with Gasteiger partial charge in [-0.3, -0.25) is 4.79 Å². The molecule has 0 saturated heterocycles. The molecule has 0 aliphatic carbocycles. The van der Waals surface area contributed by atoms with Crippen LogP contribution in [0.1, 0.15) is 50.8 Å². The standard InChI is InChI=1S/C16H26N2O/c1-5-12(4)15(17)16(19)18-14(6-2)13-9-7-11(3)8-10-13/h7-10,12,14-15H,5-6,17H2,1-4H3,(H,18,19)/t12-,14?,15-/m0/s1. The molecule has 0 heterocycles. The fourth-order valence-electron chi connectivity index (χ4n) is 2.00. The number of aryl methyl sites for hydroxylation is 1. The molecule has 0 bridgehead atoms. The Bertz CT molecular complexity index is 400. The van der Waals surface area contributed by atoms with Gasteiger partial charge in [0.2, 0.25) is 5.91 Å². The lowest BCUT2D eigenvalue weighted by molar-refractivity contribution is -0.124. The van der Waals surface area contributed by atoms with Gasteiger partial charge in [-0.25, -0.2) is 0 Å². The number of hydrogen-bond donors (Lipinski definition) is 2. The molecule has 0 spiro atoms. The van der Waals surface area contributed by atoms with Crippen molar-refractivity contribution in [2.24, 2.45) is 11.7 Å². The van der Waals surface area contributed by atoms with Crippen molar-refractivity contribution in [1.82, 2.24) is 5.32 Å². The normalized spacial score (nSPS) is 15.6. The second-order valence-corrected chi connectivity index (χ2v) is 5.29. The molecule has 1 unspecified atom stereocenters. The van der Waals surface area contributed by atoms with Gasteiger partial charge in [-0.2, -0.15) is 0 Å².